The molecule has 2 aliphatic rings. The zero-order valence-corrected chi connectivity index (χ0v) is 17.4. The van der Waals surface area contributed by atoms with Crippen molar-refractivity contribution in [2.24, 2.45) is 5.92 Å². The van der Waals surface area contributed by atoms with E-state index in [4.69, 9.17) is 4.74 Å². The van der Waals surface area contributed by atoms with Gasteiger partial charge in [0.25, 0.3) is 6.41 Å². The van der Waals surface area contributed by atoms with Crippen molar-refractivity contribution in [1.82, 2.24) is 4.90 Å². The van der Waals surface area contributed by atoms with Crippen molar-refractivity contribution in [1.29, 1.82) is 0 Å². The molecule has 5 nitrogen and oxygen atoms in total. The van der Waals surface area contributed by atoms with Gasteiger partial charge in [0.15, 0.2) is 0 Å². The van der Waals surface area contributed by atoms with E-state index in [0.717, 1.165) is 48.1 Å². The second-order valence-corrected chi connectivity index (χ2v) is 8.53. The fourth-order valence-electron chi connectivity index (χ4n) is 4.98. The van der Waals surface area contributed by atoms with Crippen LogP contribution in [0.15, 0.2) is 42.5 Å². The minimum absolute atomic E-state index is 0.0793. The van der Waals surface area contributed by atoms with Crippen LogP contribution < -0.4 is 10.1 Å². The van der Waals surface area contributed by atoms with Crippen LogP contribution in [0.25, 0.3) is 0 Å². The van der Waals surface area contributed by atoms with E-state index in [1.54, 1.807) is 19.0 Å². The summed E-state index contributed by atoms with van der Waals surface area (Å²) in [4.78, 5) is 15.2. The molecule has 1 amide bonds. The van der Waals surface area contributed by atoms with Crippen LogP contribution in [0.4, 0.5) is 5.69 Å². The van der Waals surface area contributed by atoms with Crippen molar-refractivity contribution >= 4 is 11.6 Å². The molecule has 0 aromatic heterocycles. The Morgan fingerprint density at radius 1 is 1.10 bits per heavy atom. The number of para-hydroxylation sites is 1. The van der Waals surface area contributed by atoms with Crippen LogP contribution in [-0.4, -0.2) is 36.4 Å². The Bertz CT molecular complexity index is 887. The lowest BCUT2D eigenvalue weighted by Gasteiger charge is -2.39. The van der Waals surface area contributed by atoms with Gasteiger partial charge in [0.1, 0.15) is 11.2 Å². The summed E-state index contributed by atoms with van der Waals surface area (Å²) in [5.41, 5.74) is 3.49. The van der Waals surface area contributed by atoms with Gasteiger partial charge in [-0.25, -0.2) is 0 Å². The largest absolute Gasteiger partial charge is 0.451 e. The van der Waals surface area contributed by atoms with Gasteiger partial charge < -0.3 is 15.2 Å². The van der Waals surface area contributed by atoms with Crippen molar-refractivity contribution in [3.63, 3.8) is 0 Å². The second-order valence-electron chi connectivity index (χ2n) is 8.53. The molecule has 1 aliphatic carbocycles. The normalized spacial score (nSPS) is 23.0. The summed E-state index contributed by atoms with van der Waals surface area (Å²) in [5, 5.41) is 13.2. The molecule has 5 heteroatoms. The van der Waals surface area contributed by atoms with Gasteiger partial charge in [-0.05, 0) is 68.6 Å². The average molecular weight is 395 g/mol. The SMILES string of the molecule is Cc1cccc2c1NC(=O)C2(c1ccc(OC(O)N(C)C)cc1)C1CCCCC1. The van der Waals surface area contributed by atoms with E-state index in [1.165, 1.54) is 6.42 Å². The molecule has 0 radical (unpaired) electrons. The molecule has 1 saturated carbocycles. The fourth-order valence-corrected chi connectivity index (χ4v) is 4.98. The maximum Gasteiger partial charge on any atom is 0.259 e. The lowest BCUT2D eigenvalue weighted by Crippen LogP contribution is -2.43. The Morgan fingerprint density at radius 2 is 1.79 bits per heavy atom. The molecule has 2 aromatic rings. The predicted molar refractivity (Wildman–Crippen MR) is 114 cm³/mol. The van der Waals surface area contributed by atoms with E-state index < -0.39 is 11.8 Å². The van der Waals surface area contributed by atoms with Crippen LogP contribution in [0.2, 0.25) is 0 Å². The summed E-state index contributed by atoms with van der Waals surface area (Å²) in [5.74, 6) is 0.936. The maximum absolute atomic E-state index is 13.6. The van der Waals surface area contributed by atoms with Crippen LogP contribution in [-0.2, 0) is 10.2 Å². The van der Waals surface area contributed by atoms with Gasteiger partial charge in [0, 0.05) is 5.69 Å². The number of ether oxygens (including phenoxy) is 1. The number of amides is 1. The van der Waals surface area contributed by atoms with E-state index in [1.807, 2.05) is 24.3 Å². The quantitative estimate of drug-likeness (QED) is 0.752. The minimum Gasteiger partial charge on any atom is -0.451 e. The summed E-state index contributed by atoms with van der Waals surface area (Å²) < 4.78 is 5.57. The smallest absolute Gasteiger partial charge is 0.259 e. The van der Waals surface area contributed by atoms with Gasteiger partial charge in [-0.1, -0.05) is 49.6 Å². The number of carbonyl (C=O) groups is 1. The zero-order chi connectivity index (χ0) is 20.6. The summed E-state index contributed by atoms with van der Waals surface area (Å²) in [6.07, 6.45) is 4.67. The number of nitrogens with one attached hydrogen (secondary N) is 1. The molecule has 2 unspecified atom stereocenters. The van der Waals surface area contributed by atoms with Gasteiger partial charge >= 0.3 is 0 Å². The van der Waals surface area contributed by atoms with Gasteiger partial charge in [-0.15, -0.1) is 0 Å². The Kier molecular flexibility index (Phi) is 5.36. The van der Waals surface area contributed by atoms with Crippen molar-refractivity contribution in [3.8, 4) is 5.75 Å². The molecule has 1 aliphatic heterocycles. The summed E-state index contributed by atoms with van der Waals surface area (Å²) in [6, 6.07) is 13.9. The second kappa shape index (κ2) is 7.81. The van der Waals surface area contributed by atoms with E-state index in [-0.39, 0.29) is 11.8 Å². The van der Waals surface area contributed by atoms with E-state index in [2.05, 4.69) is 30.4 Å². The monoisotopic (exact) mass is 394 g/mol. The summed E-state index contributed by atoms with van der Waals surface area (Å²) in [6.45, 7) is 2.05. The van der Waals surface area contributed by atoms with Gasteiger partial charge in [0.05, 0.1) is 0 Å². The van der Waals surface area contributed by atoms with Crippen molar-refractivity contribution < 1.29 is 14.6 Å². The third kappa shape index (κ3) is 3.32. The molecular weight excluding hydrogens is 364 g/mol. The topological polar surface area (TPSA) is 61.8 Å². The van der Waals surface area contributed by atoms with Crippen LogP contribution in [0.3, 0.4) is 0 Å². The number of anilines is 1. The molecule has 29 heavy (non-hydrogen) atoms. The van der Waals surface area contributed by atoms with Crippen molar-refractivity contribution in [2.45, 2.75) is 50.9 Å². The van der Waals surface area contributed by atoms with Crippen molar-refractivity contribution in [2.75, 3.05) is 19.4 Å². The van der Waals surface area contributed by atoms with Crippen LogP contribution in [0.1, 0.15) is 48.8 Å². The van der Waals surface area contributed by atoms with Crippen LogP contribution in [0.5, 0.6) is 5.75 Å². The third-order valence-electron chi connectivity index (χ3n) is 6.50. The highest BCUT2D eigenvalue weighted by Crippen LogP contribution is 2.52. The first kappa shape index (κ1) is 19.9. The lowest BCUT2D eigenvalue weighted by atomic mass is 9.62. The zero-order valence-electron chi connectivity index (χ0n) is 17.4. The predicted octanol–water partition coefficient (Wildman–Crippen LogP) is 4.03. The van der Waals surface area contributed by atoms with Gasteiger partial charge in [0.2, 0.25) is 5.91 Å². The highest BCUT2D eigenvalue weighted by atomic mass is 16.6. The van der Waals surface area contributed by atoms with Crippen LogP contribution in [0, 0.1) is 12.8 Å². The third-order valence-corrected chi connectivity index (χ3v) is 6.50. The highest BCUT2D eigenvalue weighted by molar-refractivity contribution is 6.09. The highest BCUT2D eigenvalue weighted by Gasteiger charge is 2.53. The maximum atomic E-state index is 13.6. The molecule has 154 valence electrons. The van der Waals surface area contributed by atoms with Crippen molar-refractivity contribution in [3.05, 3.63) is 59.2 Å². The molecule has 1 heterocycles. The molecular formula is C24H30N2O3. The molecule has 0 saturated heterocycles. The first-order valence-corrected chi connectivity index (χ1v) is 10.5. The number of aliphatic hydroxyl groups excluding tert-OH is 1. The minimum atomic E-state index is -1.01. The number of aryl methyl sites for hydroxylation is 1. The number of fused-ring (bicyclic) bond motifs is 1. The number of aliphatic hydroxyl groups is 1. The molecule has 2 aromatic carbocycles. The Morgan fingerprint density at radius 3 is 2.45 bits per heavy atom. The molecule has 2 N–H and O–H groups in total. The van der Waals surface area contributed by atoms with Crippen LogP contribution >= 0.6 is 0 Å². The summed E-state index contributed by atoms with van der Waals surface area (Å²) in [7, 11) is 3.50. The Labute approximate surface area is 172 Å². The lowest BCUT2D eigenvalue weighted by molar-refractivity contribution is -0.121. The fraction of sp³-hybridized carbons (Fsp3) is 0.458. The molecule has 1 fully saturated rings. The molecule has 4 rings (SSSR count). The summed E-state index contributed by atoms with van der Waals surface area (Å²) >= 11 is 0. The van der Waals surface area contributed by atoms with Gasteiger partial charge in [-0.3, -0.25) is 9.69 Å². The van der Waals surface area contributed by atoms with E-state index in [0.29, 0.717) is 5.75 Å². The Hall–Kier alpha value is -2.37. The molecule has 2 atom stereocenters. The first-order valence-electron chi connectivity index (χ1n) is 10.5. The van der Waals surface area contributed by atoms with Gasteiger partial charge in [-0.2, -0.15) is 0 Å². The number of rotatable bonds is 5. The number of hydrogen-bond donors (Lipinski definition) is 2. The number of hydrogen-bond acceptors (Lipinski definition) is 4. The standard InChI is InChI=1S/C24H30N2O3/c1-16-8-7-11-20-21(16)25-22(27)24(20,17-9-5-4-6-10-17)18-12-14-19(15-13-18)29-23(28)26(2)3/h7-8,11-15,17,23,28H,4-6,9-10H2,1-3H3,(H,25,27). The number of benzene rings is 2. The first-order chi connectivity index (χ1) is 13.9. The average Bonchev–Trinajstić information content (AvgIpc) is 3.03. The number of nitrogens with zero attached hydrogens (tertiary/aromatic N) is 1. The van der Waals surface area contributed by atoms with E-state index in [9.17, 15) is 9.90 Å². The molecule has 0 bridgehead atoms. The Balaban J connectivity index is 1.79. The number of carbonyl (C=O) groups excluding carboxylic acids is 1. The van der Waals surface area contributed by atoms with E-state index >= 15 is 0 Å². The molecule has 0 spiro atoms.